The number of aryl methyl sites for hydroxylation is 1. The molecule has 0 spiro atoms. The van der Waals surface area contributed by atoms with Gasteiger partial charge in [0.15, 0.2) is 0 Å². The van der Waals surface area contributed by atoms with Crippen LogP contribution in [0.3, 0.4) is 0 Å². The molecule has 15 heavy (non-hydrogen) atoms. The van der Waals surface area contributed by atoms with Crippen molar-refractivity contribution in [1.29, 1.82) is 0 Å². The molecule has 2 rings (SSSR count). The topological polar surface area (TPSA) is 20.3 Å². The smallest absolute Gasteiger partial charge is 0.237 e. The number of para-hydroxylation sites is 1. The molecule has 80 valence electrons. The summed E-state index contributed by atoms with van der Waals surface area (Å²) in [6.07, 6.45) is 2.12. The first-order valence-electron chi connectivity index (χ1n) is 5.20. The van der Waals surface area contributed by atoms with E-state index >= 15 is 0 Å². The minimum Gasteiger partial charge on any atom is -0.309 e. The van der Waals surface area contributed by atoms with Crippen molar-refractivity contribution in [2.75, 3.05) is 10.2 Å². The SMILES string of the molecule is CC1CCc2ccccc2N1C(=O)CBr. The van der Waals surface area contributed by atoms with Crippen molar-refractivity contribution in [3.05, 3.63) is 29.8 Å². The molecule has 3 heteroatoms. The standard InChI is InChI=1S/C12H14BrNO/c1-9-6-7-10-4-2-3-5-11(10)14(9)12(15)8-13/h2-5,9H,6-8H2,1H3. The van der Waals surface area contributed by atoms with Crippen LogP contribution in [0.25, 0.3) is 0 Å². The van der Waals surface area contributed by atoms with Crippen molar-refractivity contribution in [3.63, 3.8) is 0 Å². The minimum absolute atomic E-state index is 0.148. The fourth-order valence-corrected chi connectivity index (χ4v) is 2.40. The Balaban J connectivity index is 2.41. The molecule has 1 aromatic carbocycles. The van der Waals surface area contributed by atoms with Crippen LogP contribution in [0.2, 0.25) is 0 Å². The summed E-state index contributed by atoms with van der Waals surface area (Å²) in [7, 11) is 0. The quantitative estimate of drug-likeness (QED) is 0.717. The van der Waals surface area contributed by atoms with E-state index in [0.29, 0.717) is 11.4 Å². The Hall–Kier alpha value is -0.830. The molecule has 0 aromatic heterocycles. The number of fused-ring (bicyclic) bond motifs is 1. The number of rotatable bonds is 1. The summed E-state index contributed by atoms with van der Waals surface area (Å²) < 4.78 is 0. The highest BCUT2D eigenvalue weighted by Crippen LogP contribution is 2.30. The number of carbonyl (C=O) groups excluding carboxylic acids is 1. The van der Waals surface area contributed by atoms with Gasteiger partial charge in [-0.25, -0.2) is 0 Å². The second-order valence-electron chi connectivity index (χ2n) is 3.91. The summed E-state index contributed by atoms with van der Waals surface area (Å²) in [5.74, 6) is 0.148. The van der Waals surface area contributed by atoms with Crippen LogP contribution in [0.15, 0.2) is 24.3 Å². The molecule has 1 aliphatic heterocycles. The number of nitrogens with zero attached hydrogens (tertiary/aromatic N) is 1. The third-order valence-electron chi connectivity index (χ3n) is 2.91. The van der Waals surface area contributed by atoms with Crippen molar-refractivity contribution in [2.24, 2.45) is 0 Å². The Labute approximate surface area is 98.4 Å². The highest BCUT2D eigenvalue weighted by Gasteiger charge is 2.26. The van der Waals surface area contributed by atoms with Crippen LogP contribution in [0.5, 0.6) is 0 Å². The first-order chi connectivity index (χ1) is 7.24. The normalized spacial score (nSPS) is 19.9. The van der Waals surface area contributed by atoms with E-state index in [1.807, 2.05) is 23.1 Å². The lowest BCUT2D eigenvalue weighted by Gasteiger charge is -2.34. The Morgan fingerprint density at radius 2 is 2.27 bits per heavy atom. The molecule has 1 aromatic rings. The molecule has 1 amide bonds. The van der Waals surface area contributed by atoms with Gasteiger partial charge in [-0.2, -0.15) is 0 Å². The number of halogens is 1. The summed E-state index contributed by atoms with van der Waals surface area (Å²) in [4.78, 5) is 13.7. The zero-order valence-corrected chi connectivity index (χ0v) is 10.3. The van der Waals surface area contributed by atoms with E-state index in [9.17, 15) is 4.79 Å². The fraction of sp³-hybridized carbons (Fsp3) is 0.417. The molecule has 1 heterocycles. The molecule has 1 unspecified atom stereocenters. The molecule has 1 atom stereocenters. The van der Waals surface area contributed by atoms with Crippen molar-refractivity contribution in [3.8, 4) is 0 Å². The van der Waals surface area contributed by atoms with Crippen LogP contribution >= 0.6 is 15.9 Å². The van der Waals surface area contributed by atoms with Gasteiger partial charge in [-0.3, -0.25) is 4.79 Å². The largest absolute Gasteiger partial charge is 0.309 e. The molecule has 0 radical (unpaired) electrons. The van der Waals surface area contributed by atoms with E-state index in [-0.39, 0.29) is 5.91 Å². The molecule has 0 saturated carbocycles. The van der Waals surface area contributed by atoms with E-state index in [1.165, 1.54) is 5.56 Å². The molecule has 0 N–H and O–H groups in total. The number of amides is 1. The first-order valence-corrected chi connectivity index (χ1v) is 6.32. The third-order valence-corrected chi connectivity index (χ3v) is 3.39. The monoisotopic (exact) mass is 267 g/mol. The zero-order valence-electron chi connectivity index (χ0n) is 8.74. The lowest BCUT2D eigenvalue weighted by molar-refractivity contribution is -0.116. The summed E-state index contributed by atoms with van der Waals surface area (Å²) in [6.45, 7) is 2.11. The average Bonchev–Trinajstić information content (AvgIpc) is 2.28. The van der Waals surface area contributed by atoms with Crippen molar-refractivity contribution >= 4 is 27.5 Å². The summed E-state index contributed by atoms with van der Waals surface area (Å²) in [5.41, 5.74) is 2.37. The van der Waals surface area contributed by atoms with Crippen LogP contribution in [-0.4, -0.2) is 17.3 Å². The fourth-order valence-electron chi connectivity index (χ4n) is 2.13. The Morgan fingerprint density at radius 3 is 3.00 bits per heavy atom. The second-order valence-corrected chi connectivity index (χ2v) is 4.47. The van der Waals surface area contributed by atoms with E-state index in [2.05, 4.69) is 28.9 Å². The Kier molecular flexibility index (Phi) is 3.10. The molecular formula is C12H14BrNO. The molecule has 0 saturated heterocycles. The van der Waals surface area contributed by atoms with Crippen LogP contribution in [0.4, 0.5) is 5.69 Å². The number of hydrogen-bond acceptors (Lipinski definition) is 1. The van der Waals surface area contributed by atoms with Gasteiger partial charge in [0.1, 0.15) is 0 Å². The van der Waals surface area contributed by atoms with Gasteiger partial charge < -0.3 is 4.90 Å². The highest BCUT2D eigenvalue weighted by molar-refractivity contribution is 9.09. The van der Waals surface area contributed by atoms with E-state index in [0.717, 1.165) is 18.5 Å². The van der Waals surface area contributed by atoms with Gasteiger partial charge in [-0.15, -0.1) is 0 Å². The van der Waals surface area contributed by atoms with Gasteiger partial charge >= 0.3 is 0 Å². The maximum absolute atomic E-state index is 11.8. The molecule has 1 aliphatic rings. The Morgan fingerprint density at radius 1 is 1.53 bits per heavy atom. The summed E-state index contributed by atoms with van der Waals surface area (Å²) in [6, 6.07) is 8.48. The second kappa shape index (κ2) is 4.35. The minimum atomic E-state index is 0.148. The number of alkyl halides is 1. The highest BCUT2D eigenvalue weighted by atomic mass is 79.9. The predicted octanol–water partition coefficient (Wildman–Crippen LogP) is 2.75. The van der Waals surface area contributed by atoms with Crippen LogP contribution in [0, 0.1) is 0 Å². The zero-order chi connectivity index (χ0) is 10.8. The van der Waals surface area contributed by atoms with Crippen LogP contribution < -0.4 is 4.90 Å². The van der Waals surface area contributed by atoms with Crippen LogP contribution in [0.1, 0.15) is 18.9 Å². The molecular weight excluding hydrogens is 254 g/mol. The van der Waals surface area contributed by atoms with Gasteiger partial charge in [0, 0.05) is 11.7 Å². The molecule has 2 nitrogen and oxygen atoms in total. The van der Waals surface area contributed by atoms with Gasteiger partial charge in [0.05, 0.1) is 5.33 Å². The van der Waals surface area contributed by atoms with E-state index < -0.39 is 0 Å². The summed E-state index contributed by atoms with van der Waals surface area (Å²) >= 11 is 3.24. The predicted molar refractivity (Wildman–Crippen MR) is 65.5 cm³/mol. The maximum Gasteiger partial charge on any atom is 0.237 e. The average molecular weight is 268 g/mol. The van der Waals surface area contributed by atoms with Crippen molar-refractivity contribution < 1.29 is 4.79 Å². The van der Waals surface area contributed by atoms with Crippen molar-refractivity contribution in [1.82, 2.24) is 0 Å². The van der Waals surface area contributed by atoms with E-state index in [4.69, 9.17) is 0 Å². The lowest BCUT2D eigenvalue weighted by Crippen LogP contribution is -2.42. The van der Waals surface area contributed by atoms with Gasteiger partial charge in [0.2, 0.25) is 5.91 Å². The molecule has 0 fully saturated rings. The van der Waals surface area contributed by atoms with Crippen LogP contribution in [-0.2, 0) is 11.2 Å². The van der Waals surface area contributed by atoms with Crippen molar-refractivity contribution in [2.45, 2.75) is 25.8 Å². The summed E-state index contributed by atoms with van der Waals surface area (Å²) in [5, 5.41) is 0.395. The maximum atomic E-state index is 11.8. The van der Waals surface area contributed by atoms with Gasteiger partial charge in [-0.1, -0.05) is 34.1 Å². The number of benzene rings is 1. The number of hydrogen-bond donors (Lipinski definition) is 0. The molecule has 0 bridgehead atoms. The number of carbonyl (C=O) groups is 1. The Bertz CT molecular complexity index is 378. The number of anilines is 1. The first kappa shape index (κ1) is 10.7. The third kappa shape index (κ3) is 1.93. The van der Waals surface area contributed by atoms with E-state index in [1.54, 1.807) is 0 Å². The lowest BCUT2D eigenvalue weighted by atomic mass is 9.97. The van der Waals surface area contributed by atoms with Gasteiger partial charge in [-0.05, 0) is 31.4 Å². The molecule has 0 aliphatic carbocycles. The van der Waals surface area contributed by atoms with Gasteiger partial charge in [0.25, 0.3) is 0 Å².